The molecule has 0 atom stereocenters. The first-order valence-corrected chi connectivity index (χ1v) is 7.02. The standard InChI is InChI=1S/C15H22ClNO3/c1-11-12(16)7-5-8-13(11)19-10-6-9-17-14(18)20-15(2,3)4/h5,7-8H,6,9-10H2,1-4H3,(H,17,18). The smallest absolute Gasteiger partial charge is 0.407 e. The van der Waals surface area contributed by atoms with Gasteiger partial charge in [0.05, 0.1) is 6.61 Å². The van der Waals surface area contributed by atoms with Crippen molar-refractivity contribution in [2.45, 2.75) is 39.7 Å². The molecule has 0 bridgehead atoms. The van der Waals surface area contributed by atoms with Crippen LogP contribution in [0.25, 0.3) is 0 Å². The first kappa shape index (κ1) is 16.6. The molecule has 20 heavy (non-hydrogen) atoms. The van der Waals surface area contributed by atoms with Crippen molar-refractivity contribution in [3.63, 3.8) is 0 Å². The Morgan fingerprint density at radius 2 is 2.05 bits per heavy atom. The molecule has 0 aliphatic carbocycles. The van der Waals surface area contributed by atoms with E-state index in [0.29, 0.717) is 24.6 Å². The lowest BCUT2D eigenvalue weighted by Gasteiger charge is -2.19. The second-order valence-electron chi connectivity index (χ2n) is 5.49. The van der Waals surface area contributed by atoms with Crippen LogP contribution in [0.5, 0.6) is 5.75 Å². The number of benzene rings is 1. The van der Waals surface area contributed by atoms with E-state index in [1.54, 1.807) is 0 Å². The summed E-state index contributed by atoms with van der Waals surface area (Å²) in [7, 11) is 0. The molecule has 0 aliphatic heterocycles. The fourth-order valence-corrected chi connectivity index (χ4v) is 1.67. The maximum Gasteiger partial charge on any atom is 0.407 e. The van der Waals surface area contributed by atoms with E-state index in [-0.39, 0.29) is 0 Å². The number of amides is 1. The molecule has 1 amide bonds. The van der Waals surface area contributed by atoms with E-state index in [2.05, 4.69) is 5.32 Å². The van der Waals surface area contributed by atoms with Crippen molar-refractivity contribution in [3.8, 4) is 5.75 Å². The zero-order chi connectivity index (χ0) is 15.2. The van der Waals surface area contributed by atoms with Gasteiger partial charge in [0.15, 0.2) is 0 Å². The van der Waals surface area contributed by atoms with E-state index in [1.807, 2.05) is 45.9 Å². The van der Waals surface area contributed by atoms with Gasteiger partial charge in [-0.2, -0.15) is 0 Å². The number of hydrogen-bond donors (Lipinski definition) is 1. The molecule has 0 saturated carbocycles. The fraction of sp³-hybridized carbons (Fsp3) is 0.533. The molecule has 0 unspecified atom stereocenters. The number of rotatable bonds is 5. The minimum Gasteiger partial charge on any atom is -0.493 e. The van der Waals surface area contributed by atoms with Gasteiger partial charge in [0.1, 0.15) is 11.4 Å². The van der Waals surface area contributed by atoms with Gasteiger partial charge >= 0.3 is 6.09 Å². The van der Waals surface area contributed by atoms with Crippen molar-refractivity contribution in [2.24, 2.45) is 0 Å². The molecule has 0 fully saturated rings. The van der Waals surface area contributed by atoms with Crippen molar-refractivity contribution in [2.75, 3.05) is 13.2 Å². The van der Waals surface area contributed by atoms with Crippen molar-refractivity contribution in [1.82, 2.24) is 5.32 Å². The summed E-state index contributed by atoms with van der Waals surface area (Å²) >= 11 is 6.00. The number of alkyl carbamates (subject to hydrolysis) is 1. The Hall–Kier alpha value is -1.42. The summed E-state index contributed by atoms with van der Waals surface area (Å²) in [5.41, 5.74) is 0.452. The summed E-state index contributed by atoms with van der Waals surface area (Å²) in [6.07, 6.45) is 0.294. The monoisotopic (exact) mass is 299 g/mol. The lowest BCUT2D eigenvalue weighted by molar-refractivity contribution is 0.0525. The van der Waals surface area contributed by atoms with E-state index < -0.39 is 11.7 Å². The molecular formula is C15H22ClNO3. The highest BCUT2D eigenvalue weighted by molar-refractivity contribution is 6.31. The van der Waals surface area contributed by atoms with E-state index in [4.69, 9.17) is 21.1 Å². The topological polar surface area (TPSA) is 47.6 Å². The summed E-state index contributed by atoms with van der Waals surface area (Å²) in [6, 6.07) is 5.56. The van der Waals surface area contributed by atoms with Gasteiger partial charge in [-0.15, -0.1) is 0 Å². The van der Waals surface area contributed by atoms with Crippen LogP contribution < -0.4 is 10.1 Å². The van der Waals surface area contributed by atoms with E-state index >= 15 is 0 Å². The predicted molar refractivity (Wildman–Crippen MR) is 80.5 cm³/mol. The van der Waals surface area contributed by atoms with Crippen molar-refractivity contribution in [1.29, 1.82) is 0 Å². The Balaban J connectivity index is 2.23. The Bertz CT molecular complexity index is 455. The highest BCUT2D eigenvalue weighted by atomic mass is 35.5. The first-order valence-electron chi connectivity index (χ1n) is 6.64. The summed E-state index contributed by atoms with van der Waals surface area (Å²) in [5.74, 6) is 0.773. The molecule has 1 aromatic carbocycles. The van der Waals surface area contributed by atoms with E-state index in [0.717, 1.165) is 11.3 Å². The van der Waals surface area contributed by atoms with Crippen LogP contribution in [-0.4, -0.2) is 24.8 Å². The number of hydrogen-bond acceptors (Lipinski definition) is 3. The second kappa shape index (κ2) is 7.39. The average molecular weight is 300 g/mol. The Kier molecular flexibility index (Phi) is 6.14. The average Bonchev–Trinajstić information content (AvgIpc) is 2.31. The second-order valence-corrected chi connectivity index (χ2v) is 5.90. The molecule has 4 nitrogen and oxygen atoms in total. The third-order valence-electron chi connectivity index (χ3n) is 2.46. The molecule has 0 heterocycles. The summed E-state index contributed by atoms with van der Waals surface area (Å²) < 4.78 is 10.8. The zero-order valence-corrected chi connectivity index (χ0v) is 13.2. The molecule has 112 valence electrons. The maximum atomic E-state index is 11.4. The van der Waals surface area contributed by atoms with Crippen LogP contribution in [0.2, 0.25) is 5.02 Å². The number of halogens is 1. The summed E-state index contributed by atoms with van der Waals surface area (Å²) in [4.78, 5) is 11.4. The lowest BCUT2D eigenvalue weighted by Crippen LogP contribution is -2.33. The molecule has 0 aromatic heterocycles. The molecule has 1 rings (SSSR count). The normalized spacial score (nSPS) is 11.1. The summed E-state index contributed by atoms with van der Waals surface area (Å²) in [5, 5.41) is 3.37. The van der Waals surface area contributed by atoms with Crippen LogP contribution in [-0.2, 0) is 4.74 Å². The van der Waals surface area contributed by atoms with Gasteiger partial charge < -0.3 is 14.8 Å². The van der Waals surface area contributed by atoms with Crippen LogP contribution in [0.1, 0.15) is 32.8 Å². The van der Waals surface area contributed by atoms with Crippen molar-refractivity contribution < 1.29 is 14.3 Å². The van der Waals surface area contributed by atoms with Crippen LogP contribution in [0.15, 0.2) is 18.2 Å². The molecule has 0 aliphatic rings. The third kappa shape index (κ3) is 6.15. The van der Waals surface area contributed by atoms with Crippen LogP contribution in [0, 0.1) is 6.92 Å². The van der Waals surface area contributed by atoms with Gasteiger partial charge in [-0.25, -0.2) is 4.79 Å². The molecule has 0 saturated heterocycles. The van der Waals surface area contributed by atoms with Crippen LogP contribution in [0.4, 0.5) is 4.79 Å². The number of carbonyl (C=O) groups excluding carboxylic acids is 1. The van der Waals surface area contributed by atoms with E-state index in [1.165, 1.54) is 0 Å². The minimum atomic E-state index is -0.474. The van der Waals surface area contributed by atoms with Gasteiger partial charge in [0.25, 0.3) is 0 Å². The Morgan fingerprint density at radius 1 is 1.35 bits per heavy atom. The number of carbonyl (C=O) groups is 1. The van der Waals surface area contributed by atoms with Gasteiger partial charge in [0.2, 0.25) is 0 Å². The maximum absolute atomic E-state index is 11.4. The van der Waals surface area contributed by atoms with Gasteiger partial charge in [-0.05, 0) is 46.2 Å². The highest BCUT2D eigenvalue weighted by Crippen LogP contribution is 2.24. The Morgan fingerprint density at radius 3 is 2.70 bits per heavy atom. The molecule has 1 N–H and O–H groups in total. The van der Waals surface area contributed by atoms with Crippen LogP contribution >= 0.6 is 11.6 Å². The molecular weight excluding hydrogens is 278 g/mol. The minimum absolute atomic E-state index is 0.406. The van der Waals surface area contributed by atoms with Gasteiger partial charge in [-0.3, -0.25) is 0 Å². The quantitative estimate of drug-likeness (QED) is 0.838. The first-order chi connectivity index (χ1) is 9.29. The van der Waals surface area contributed by atoms with Gasteiger partial charge in [0, 0.05) is 17.1 Å². The fourth-order valence-electron chi connectivity index (χ4n) is 1.50. The van der Waals surface area contributed by atoms with Crippen molar-refractivity contribution in [3.05, 3.63) is 28.8 Å². The molecule has 0 spiro atoms. The molecule has 5 heteroatoms. The Labute approximate surface area is 125 Å². The lowest BCUT2D eigenvalue weighted by atomic mass is 10.2. The van der Waals surface area contributed by atoms with Gasteiger partial charge in [-0.1, -0.05) is 17.7 Å². The summed E-state index contributed by atoms with van der Waals surface area (Å²) in [6.45, 7) is 8.43. The predicted octanol–water partition coefficient (Wildman–Crippen LogP) is 3.94. The zero-order valence-electron chi connectivity index (χ0n) is 12.5. The van der Waals surface area contributed by atoms with Crippen molar-refractivity contribution >= 4 is 17.7 Å². The third-order valence-corrected chi connectivity index (χ3v) is 2.87. The molecule has 1 aromatic rings. The molecule has 0 radical (unpaired) electrons. The van der Waals surface area contributed by atoms with E-state index in [9.17, 15) is 4.79 Å². The number of nitrogens with one attached hydrogen (secondary N) is 1. The number of ether oxygens (including phenoxy) is 2. The highest BCUT2D eigenvalue weighted by Gasteiger charge is 2.15. The van der Waals surface area contributed by atoms with Crippen LogP contribution in [0.3, 0.4) is 0 Å². The SMILES string of the molecule is Cc1c(Cl)cccc1OCCCNC(=O)OC(C)(C)C. The largest absolute Gasteiger partial charge is 0.493 e.